The van der Waals surface area contributed by atoms with Gasteiger partial charge in [0.2, 0.25) is 5.95 Å². The van der Waals surface area contributed by atoms with E-state index in [0.29, 0.717) is 35.4 Å². The van der Waals surface area contributed by atoms with Gasteiger partial charge in [-0.15, -0.1) is 0 Å². The number of anilines is 6. The van der Waals surface area contributed by atoms with Crippen molar-refractivity contribution in [1.29, 1.82) is 0 Å². The molecule has 0 radical (unpaired) electrons. The molecule has 232 valence electrons. The van der Waals surface area contributed by atoms with Gasteiger partial charge in [0.25, 0.3) is 0 Å². The van der Waals surface area contributed by atoms with Crippen LogP contribution < -0.4 is 25.6 Å². The second-order valence-electron chi connectivity index (χ2n) is 12.6. The number of carbonyl (C=O) groups is 1. The number of rotatable bonds is 11. The number of hydrogen-bond donors (Lipinski definition) is 2. The fraction of sp³-hybridized carbons (Fsp3) is 0.500. The van der Waals surface area contributed by atoms with E-state index in [1.807, 2.05) is 84.9 Å². The first-order valence-electron chi connectivity index (χ1n) is 14.7. The Morgan fingerprint density at radius 1 is 1.09 bits per heavy atom. The van der Waals surface area contributed by atoms with Gasteiger partial charge < -0.3 is 35.2 Å². The third-order valence-electron chi connectivity index (χ3n) is 7.12. The van der Waals surface area contributed by atoms with Crippen LogP contribution in [-0.2, 0) is 10.2 Å². The summed E-state index contributed by atoms with van der Waals surface area (Å²) in [5, 5.41) is 3.31. The predicted octanol–water partition coefficient (Wildman–Crippen LogP) is 5.29. The predicted molar refractivity (Wildman–Crippen MR) is 173 cm³/mol. The number of nitrogen functional groups attached to an aromatic ring is 1. The number of esters is 1. The van der Waals surface area contributed by atoms with Crippen molar-refractivity contribution in [1.82, 2.24) is 19.9 Å². The first kappa shape index (κ1) is 31.8. The summed E-state index contributed by atoms with van der Waals surface area (Å²) >= 11 is 0. The average molecular weight is 591 g/mol. The number of hydrogen-bond acceptors (Lipinski definition) is 11. The second kappa shape index (κ2) is 12.6. The van der Waals surface area contributed by atoms with Crippen LogP contribution in [0, 0.1) is 6.92 Å². The molecular formula is C32H46N8O3. The fourth-order valence-electron chi connectivity index (χ4n) is 5.03. The SMILES string of the molecule is Cc1ccc2c(n1)C(C)(C)CN2c1nc(Nc2cc(N)c(N(C)CCN(C)C)cc2OC(C)C)ncc1C(=O)OC(C)C. The van der Waals surface area contributed by atoms with Crippen LogP contribution in [0.1, 0.15) is 63.3 Å². The lowest BCUT2D eigenvalue weighted by atomic mass is 9.91. The minimum atomic E-state index is -0.485. The molecule has 1 aliphatic rings. The van der Waals surface area contributed by atoms with Crippen molar-refractivity contribution in [2.24, 2.45) is 0 Å². The second-order valence-corrected chi connectivity index (χ2v) is 12.6. The Hall–Kier alpha value is -4.12. The van der Waals surface area contributed by atoms with Crippen molar-refractivity contribution in [2.45, 2.75) is 66.1 Å². The Labute approximate surface area is 255 Å². The van der Waals surface area contributed by atoms with Gasteiger partial charge >= 0.3 is 5.97 Å². The van der Waals surface area contributed by atoms with E-state index in [1.54, 1.807) is 0 Å². The van der Waals surface area contributed by atoms with Crippen LogP contribution in [0.4, 0.5) is 34.5 Å². The largest absolute Gasteiger partial charge is 0.489 e. The molecule has 3 N–H and O–H groups in total. The van der Waals surface area contributed by atoms with Gasteiger partial charge in [-0.25, -0.2) is 9.78 Å². The van der Waals surface area contributed by atoms with Crippen LogP contribution in [0.25, 0.3) is 0 Å². The molecular weight excluding hydrogens is 544 g/mol. The molecule has 0 spiro atoms. The van der Waals surface area contributed by atoms with E-state index >= 15 is 0 Å². The molecule has 0 fully saturated rings. The van der Waals surface area contributed by atoms with Crippen LogP contribution in [0.15, 0.2) is 30.5 Å². The minimum Gasteiger partial charge on any atom is -0.489 e. The molecule has 0 saturated heterocycles. The highest BCUT2D eigenvalue weighted by atomic mass is 16.5. The maximum Gasteiger partial charge on any atom is 0.343 e. The van der Waals surface area contributed by atoms with E-state index in [-0.39, 0.29) is 23.2 Å². The number of aromatic nitrogens is 3. The third-order valence-corrected chi connectivity index (χ3v) is 7.12. The minimum absolute atomic E-state index is 0.0759. The molecule has 3 heterocycles. The van der Waals surface area contributed by atoms with Gasteiger partial charge in [-0.1, -0.05) is 13.8 Å². The Bertz CT molecular complexity index is 1470. The van der Waals surface area contributed by atoms with E-state index in [1.165, 1.54) is 6.20 Å². The first-order valence-corrected chi connectivity index (χ1v) is 14.7. The van der Waals surface area contributed by atoms with Gasteiger partial charge in [0.05, 0.1) is 40.7 Å². The fourth-order valence-corrected chi connectivity index (χ4v) is 5.03. The van der Waals surface area contributed by atoms with Gasteiger partial charge in [-0.3, -0.25) is 4.98 Å². The third kappa shape index (κ3) is 7.27. The molecule has 0 amide bonds. The molecule has 1 aliphatic heterocycles. The normalized spacial score (nSPS) is 13.9. The smallest absolute Gasteiger partial charge is 0.343 e. The number of fused-ring (bicyclic) bond motifs is 1. The van der Waals surface area contributed by atoms with E-state index in [2.05, 4.69) is 33.9 Å². The van der Waals surface area contributed by atoms with Crippen LogP contribution in [0.5, 0.6) is 5.75 Å². The molecule has 0 aliphatic carbocycles. The molecule has 1 aromatic carbocycles. The summed E-state index contributed by atoms with van der Waals surface area (Å²) in [5.41, 5.74) is 11.4. The molecule has 11 nitrogen and oxygen atoms in total. The van der Waals surface area contributed by atoms with Gasteiger partial charge in [-0.2, -0.15) is 4.98 Å². The highest BCUT2D eigenvalue weighted by Crippen LogP contribution is 2.44. The van der Waals surface area contributed by atoms with Crippen molar-refractivity contribution < 1.29 is 14.3 Å². The molecule has 0 bridgehead atoms. The monoisotopic (exact) mass is 590 g/mol. The van der Waals surface area contributed by atoms with Gasteiger partial charge in [0.1, 0.15) is 11.3 Å². The van der Waals surface area contributed by atoms with Gasteiger partial charge in [0, 0.05) is 50.1 Å². The topological polar surface area (TPSA) is 122 Å². The molecule has 43 heavy (non-hydrogen) atoms. The highest BCUT2D eigenvalue weighted by molar-refractivity contribution is 5.96. The Morgan fingerprint density at radius 2 is 1.81 bits per heavy atom. The number of pyridine rings is 1. The Kier molecular flexibility index (Phi) is 9.34. The van der Waals surface area contributed by atoms with E-state index in [9.17, 15) is 4.79 Å². The van der Waals surface area contributed by atoms with E-state index in [0.717, 1.165) is 35.9 Å². The number of benzene rings is 1. The number of likely N-dealkylation sites (N-methyl/N-ethyl adjacent to an activating group) is 2. The summed E-state index contributed by atoms with van der Waals surface area (Å²) in [6.45, 7) is 16.1. The maximum atomic E-state index is 13.2. The number of carbonyl (C=O) groups excluding carboxylic acids is 1. The van der Waals surface area contributed by atoms with E-state index < -0.39 is 5.97 Å². The van der Waals surface area contributed by atoms with Crippen LogP contribution in [-0.4, -0.2) is 78.8 Å². The van der Waals surface area contributed by atoms with Crippen molar-refractivity contribution in [2.75, 3.05) is 61.6 Å². The summed E-state index contributed by atoms with van der Waals surface area (Å²) in [5.74, 6) is 0.877. The van der Waals surface area contributed by atoms with Crippen LogP contribution in [0.3, 0.4) is 0 Å². The molecule has 0 unspecified atom stereocenters. The summed E-state index contributed by atoms with van der Waals surface area (Å²) in [6.07, 6.45) is 1.14. The molecule has 2 aromatic heterocycles. The quantitative estimate of drug-likeness (QED) is 0.224. The zero-order valence-corrected chi connectivity index (χ0v) is 27.1. The van der Waals surface area contributed by atoms with Gasteiger partial charge in [-0.05, 0) is 66.9 Å². The molecule has 0 saturated carbocycles. The number of nitrogens with two attached hydrogens (primary N) is 1. The first-order chi connectivity index (χ1) is 20.2. The Morgan fingerprint density at radius 3 is 2.47 bits per heavy atom. The summed E-state index contributed by atoms with van der Waals surface area (Å²) in [4.78, 5) is 33.7. The van der Waals surface area contributed by atoms with Crippen molar-refractivity contribution in [3.63, 3.8) is 0 Å². The zero-order valence-electron chi connectivity index (χ0n) is 27.1. The van der Waals surface area contributed by atoms with Crippen molar-refractivity contribution in [3.8, 4) is 5.75 Å². The van der Waals surface area contributed by atoms with E-state index in [4.69, 9.17) is 25.2 Å². The average Bonchev–Trinajstić information content (AvgIpc) is 3.17. The summed E-state index contributed by atoms with van der Waals surface area (Å²) in [7, 11) is 6.09. The molecule has 11 heteroatoms. The lowest BCUT2D eigenvalue weighted by molar-refractivity contribution is 0.0378. The number of nitrogens with zero attached hydrogens (tertiary/aromatic N) is 6. The lowest BCUT2D eigenvalue weighted by Crippen LogP contribution is -2.29. The Balaban J connectivity index is 1.77. The molecule has 0 atom stereocenters. The standard InChI is InChI=1S/C32H46N8O3/c1-19(2)42-27-16-26(39(10)14-13-38(8)9)23(33)15-24(27)36-31-34-17-22(30(41)43-20(3)4)29(37-31)40-18-32(6,7)28-25(40)12-11-21(5)35-28/h11-12,15-17,19-20H,13-14,18,33H2,1-10H3,(H,34,36,37). The maximum absolute atomic E-state index is 13.2. The number of ether oxygens (including phenoxy) is 2. The van der Waals surface area contributed by atoms with Crippen molar-refractivity contribution in [3.05, 3.63) is 47.4 Å². The van der Waals surface area contributed by atoms with Crippen LogP contribution >= 0.6 is 0 Å². The van der Waals surface area contributed by atoms with Gasteiger partial charge in [0.15, 0.2) is 5.82 Å². The van der Waals surface area contributed by atoms with Crippen LogP contribution in [0.2, 0.25) is 0 Å². The van der Waals surface area contributed by atoms with Crippen molar-refractivity contribution >= 4 is 40.5 Å². The highest BCUT2D eigenvalue weighted by Gasteiger charge is 2.39. The summed E-state index contributed by atoms with van der Waals surface area (Å²) < 4.78 is 11.8. The molecule has 4 rings (SSSR count). The number of aryl methyl sites for hydroxylation is 1. The lowest BCUT2D eigenvalue weighted by Gasteiger charge is -2.26. The molecule has 3 aromatic rings. The zero-order chi connectivity index (χ0) is 31.6. The summed E-state index contributed by atoms with van der Waals surface area (Å²) in [6, 6.07) is 7.77. The number of nitrogens with one attached hydrogen (secondary N) is 1.